The Morgan fingerprint density at radius 3 is 2.60 bits per heavy atom. The number of nitrogens with zero attached hydrogens (tertiary/aromatic N) is 1. The van der Waals surface area contributed by atoms with Gasteiger partial charge in [0.25, 0.3) is 5.91 Å². The number of carbonyl (C=O) groups is 1. The molecular formula is C21H29N3O. The van der Waals surface area contributed by atoms with Gasteiger partial charge in [0.2, 0.25) is 0 Å². The number of rotatable bonds is 9. The van der Waals surface area contributed by atoms with Crippen LogP contribution in [0.5, 0.6) is 0 Å². The summed E-state index contributed by atoms with van der Waals surface area (Å²) in [6.45, 7) is 7.42. The van der Waals surface area contributed by atoms with Crippen LogP contribution in [-0.2, 0) is 6.54 Å². The minimum Gasteiger partial charge on any atom is -0.385 e. The zero-order valence-corrected chi connectivity index (χ0v) is 15.5. The van der Waals surface area contributed by atoms with Crippen LogP contribution in [0.25, 0.3) is 0 Å². The lowest BCUT2D eigenvalue weighted by Crippen LogP contribution is -2.28. The molecular weight excluding hydrogens is 310 g/mol. The van der Waals surface area contributed by atoms with E-state index in [1.165, 1.54) is 5.56 Å². The molecule has 0 unspecified atom stereocenters. The van der Waals surface area contributed by atoms with Gasteiger partial charge in [0.05, 0.1) is 5.56 Å². The Morgan fingerprint density at radius 1 is 1.12 bits per heavy atom. The molecule has 4 heteroatoms. The second-order valence-corrected chi connectivity index (χ2v) is 6.41. The summed E-state index contributed by atoms with van der Waals surface area (Å²) in [5, 5.41) is 6.30. The van der Waals surface area contributed by atoms with Gasteiger partial charge in [-0.2, -0.15) is 0 Å². The maximum atomic E-state index is 12.4. The van der Waals surface area contributed by atoms with Gasteiger partial charge >= 0.3 is 0 Å². The summed E-state index contributed by atoms with van der Waals surface area (Å²) >= 11 is 0. The SMILES string of the molecule is CCNc1cc(C)ccc1C(=O)NCCCN(C)Cc1ccccc1. The van der Waals surface area contributed by atoms with Crippen LogP contribution in [0.2, 0.25) is 0 Å². The van der Waals surface area contributed by atoms with Gasteiger partial charge in [0.1, 0.15) is 0 Å². The fourth-order valence-corrected chi connectivity index (χ4v) is 2.81. The third-order valence-corrected chi connectivity index (χ3v) is 4.08. The standard InChI is InChI=1S/C21H29N3O/c1-4-22-20-15-17(2)11-12-19(20)21(25)23-13-8-14-24(3)16-18-9-6-5-7-10-18/h5-7,9-12,15,22H,4,8,13-14,16H2,1-3H3,(H,23,25). The van der Waals surface area contributed by atoms with Crippen LogP contribution < -0.4 is 10.6 Å². The van der Waals surface area contributed by atoms with E-state index >= 15 is 0 Å². The van der Waals surface area contributed by atoms with E-state index in [2.05, 4.69) is 46.8 Å². The number of hydrogen-bond acceptors (Lipinski definition) is 3. The van der Waals surface area contributed by atoms with Crippen LogP contribution in [-0.4, -0.2) is 37.5 Å². The summed E-state index contributed by atoms with van der Waals surface area (Å²) < 4.78 is 0. The van der Waals surface area contributed by atoms with Gasteiger partial charge in [-0.3, -0.25) is 4.79 Å². The van der Waals surface area contributed by atoms with Crippen molar-refractivity contribution in [2.24, 2.45) is 0 Å². The van der Waals surface area contributed by atoms with Crippen molar-refractivity contribution in [3.05, 3.63) is 65.2 Å². The zero-order chi connectivity index (χ0) is 18.1. The minimum atomic E-state index is -0.0123. The molecule has 0 radical (unpaired) electrons. The molecule has 4 nitrogen and oxygen atoms in total. The normalized spacial score (nSPS) is 10.7. The molecule has 2 aromatic carbocycles. The van der Waals surface area contributed by atoms with Crippen molar-refractivity contribution in [2.45, 2.75) is 26.8 Å². The quantitative estimate of drug-likeness (QED) is 0.685. The van der Waals surface area contributed by atoms with Gasteiger partial charge in [0, 0.05) is 25.3 Å². The largest absolute Gasteiger partial charge is 0.385 e. The van der Waals surface area contributed by atoms with Crippen molar-refractivity contribution >= 4 is 11.6 Å². The number of amides is 1. The molecule has 0 heterocycles. The molecule has 0 aliphatic heterocycles. The van der Waals surface area contributed by atoms with Gasteiger partial charge in [-0.15, -0.1) is 0 Å². The van der Waals surface area contributed by atoms with Crippen LogP contribution in [0.15, 0.2) is 48.5 Å². The van der Waals surface area contributed by atoms with Crippen molar-refractivity contribution in [1.82, 2.24) is 10.2 Å². The average molecular weight is 339 g/mol. The second kappa shape index (κ2) is 9.84. The highest BCUT2D eigenvalue weighted by Gasteiger charge is 2.10. The fraction of sp³-hybridized carbons (Fsp3) is 0.381. The van der Waals surface area contributed by atoms with E-state index in [-0.39, 0.29) is 5.91 Å². The molecule has 0 aromatic heterocycles. The summed E-state index contributed by atoms with van der Waals surface area (Å²) in [6.07, 6.45) is 0.928. The third kappa shape index (κ3) is 6.24. The lowest BCUT2D eigenvalue weighted by atomic mass is 10.1. The maximum Gasteiger partial charge on any atom is 0.253 e. The predicted molar refractivity (Wildman–Crippen MR) is 105 cm³/mol. The molecule has 0 spiro atoms. The molecule has 2 N–H and O–H groups in total. The van der Waals surface area contributed by atoms with Crippen molar-refractivity contribution in [2.75, 3.05) is 32.0 Å². The van der Waals surface area contributed by atoms with E-state index in [0.717, 1.165) is 37.3 Å². The highest BCUT2D eigenvalue weighted by atomic mass is 16.1. The van der Waals surface area contributed by atoms with E-state index in [4.69, 9.17) is 0 Å². The molecule has 1 amide bonds. The lowest BCUT2D eigenvalue weighted by molar-refractivity contribution is 0.0952. The second-order valence-electron chi connectivity index (χ2n) is 6.41. The highest BCUT2D eigenvalue weighted by molar-refractivity contribution is 5.99. The first-order valence-electron chi connectivity index (χ1n) is 8.95. The van der Waals surface area contributed by atoms with Gasteiger partial charge in [-0.1, -0.05) is 36.4 Å². The molecule has 0 saturated heterocycles. The molecule has 0 fully saturated rings. The topological polar surface area (TPSA) is 44.4 Å². The first kappa shape index (κ1) is 19.0. The van der Waals surface area contributed by atoms with E-state index in [9.17, 15) is 4.79 Å². The fourth-order valence-electron chi connectivity index (χ4n) is 2.81. The Bertz CT molecular complexity index is 670. The summed E-state index contributed by atoms with van der Waals surface area (Å²) in [4.78, 5) is 14.7. The molecule has 134 valence electrons. The van der Waals surface area contributed by atoms with E-state index in [1.807, 2.05) is 38.1 Å². The number of anilines is 1. The lowest BCUT2D eigenvalue weighted by Gasteiger charge is -2.17. The molecule has 2 rings (SSSR count). The number of carbonyl (C=O) groups excluding carboxylic acids is 1. The molecule has 2 aromatic rings. The minimum absolute atomic E-state index is 0.0123. The van der Waals surface area contributed by atoms with E-state index in [0.29, 0.717) is 12.1 Å². The molecule has 0 saturated carbocycles. The van der Waals surface area contributed by atoms with Crippen LogP contribution in [0.1, 0.15) is 34.8 Å². The number of nitrogens with one attached hydrogen (secondary N) is 2. The number of aryl methyl sites for hydroxylation is 1. The van der Waals surface area contributed by atoms with Crippen molar-refractivity contribution < 1.29 is 4.79 Å². The summed E-state index contributed by atoms with van der Waals surface area (Å²) in [7, 11) is 2.11. The Morgan fingerprint density at radius 2 is 1.88 bits per heavy atom. The molecule has 25 heavy (non-hydrogen) atoms. The highest BCUT2D eigenvalue weighted by Crippen LogP contribution is 2.17. The zero-order valence-electron chi connectivity index (χ0n) is 15.5. The summed E-state index contributed by atoms with van der Waals surface area (Å²) in [6, 6.07) is 16.3. The van der Waals surface area contributed by atoms with Crippen LogP contribution in [0, 0.1) is 6.92 Å². The molecule has 0 aliphatic carbocycles. The Hall–Kier alpha value is -2.33. The van der Waals surface area contributed by atoms with Gasteiger partial charge < -0.3 is 15.5 Å². The van der Waals surface area contributed by atoms with Crippen LogP contribution in [0.4, 0.5) is 5.69 Å². The van der Waals surface area contributed by atoms with E-state index < -0.39 is 0 Å². The van der Waals surface area contributed by atoms with Gasteiger partial charge in [-0.25, -0.2) is 0 Å². The Balaban J connectivity index is 1.77. The predicted octanol–water partition coefficient (Wildman–Crippen LogP) is 3.68. The van der Waals surface area contributed by atoms with Gasteiger partial charge in [-0.05, 0) is 57.1 Å². The van der Waals surface area contributed by atoms with Crippen molar-refractivity contribution in [3.8, 4) is 0 Å². The third-order valence-electron chi connectivity index (χ3n) is 4.08. The van der Waals surface area contributed by atoms with Crippen molar-refractivity contribution in [3.63, 3.8) is 0 Å². The molecule has 0 bridgehead atoms. The average Bonchev–Trinajstić information content (AvgIpc) is 2.60. The van der Waals surface area contributed by atoms with E-state index in [1.54, 1.807) is 0 Å². The summed E-state index contributed by atoms with van der Waals surface area (Å²) in [5.74, 6) is -0.0123. The monoisotopic (exact) mass is 339 g/mol. The number of hydrogen-bond donors (Lipinski definition) is 2. The first-order chi connectivity index (χ1) is 12.1. The first-order valence-corrected chi connectivity index (χ1v) is 8.95. The van der Waals surface area contributed by atoms with Crippen LogP contribution >= 0.6 is 0 Å². The van der Waals surface area contributed by atoms with Crippen LogP contribution in [0.3, 0.4) is 0 Å². The summed E-state index contributed by atoms with van der Waals surface area (Å²) in [5.41, 5.74) is 4.07. The number of benzene rings is 2. The Kier molecular flexibility index (Phi) is 7.48. The van der Waals surface area contributed by atoms with Crippen molar-refractivity contribution in [1.29, 1.82) is 0 Å². The smallest absolute Gasteiger partial charge is 0.253 e. The maximum absolute atomic E-state index is 12.4. The molecule has 0 aliphatic rings. The molecule has 0 atom stereocenters. The van der Waals surface area contributed by atoms with Gasteiger partial charge in [0.15, 0.2) is 0 Å². The Labute approximate surface area is 151 Å².